The van der Waals surface area contributed by atoms with Gasteiger partial charge >= 0.3 is 0 Å². The molecule has 1 aliphatic rings. The van der Waals surface area contributed by atoms with Crippen molar-refractivity contribution in [2.75, 3.05) is 44.3 Å². The zero-order valence-electron chi connectivity index (χ0n) is 16.8. The number of ether oxygens (including phenoxy) is 1. The lowest BCUT2D eigenvalue weighted by atomic mass is 10.1. The molecule has 6 heteroatoms. The number of nitrogens with zero attached hydrogens (tertiary/aromatic N) is 3. The lowest BCUT2D eigenvalue weighted by Gasteiger charge is -2.29. The molecule has 28 heavy (non-hydrogen) atoms. The Bertz CT molecular complexity index is 728. The molecule has 1 aromatic heterocycles. The largest absolute Gasteiger partial charge is 0.379 e. The average Bonchev–Trinajstić information content (AvgIpc) is 2.73. The highest BCUT2D eigenvalue weighted by Gasteiger charge is 2.14. The van der Waals surface area contributed by atoms with Crippen LogP contribution in [0, 0.1) is 0 Å². The Labute approximate surface area is 167 Å². The maximum absolute atomic E-state index is 12.4. The standard InChI is InChI=1S/C22H30N4O2/c1-18(2)26(17-19-6-4-3-5-7-19)20-8-9-21(24-16-20)22(27)23-10-11-25-12-14-28-15-13-25/h3-9,16,18H,10-15,17H2,1-2H3,(H,23,27). The number of aromatic nitrogens is 1. The Morgan fingerprint density at radius 3 is 2.57 bits per heavy atom. The van der Waals surface area contributed by atoms with Crippen LogP contribution in [0.15, 0.2) is 48.7 Å². The van der Waals surface area contributed by atoms with Crippen LogP contribution in [0.2, 0.25) is 0 Å². The first-order valence-corrected chi connectivity index (χ1v) is 9.98. The van der Waals surface area contributed by atoms with Gasteiger partial charge in [-0.15, -0.1) is 0 Å². The molecule has 0 radical (unpaired) electrons. The lowest BCUT2D eigenvalue weighted by Crippen LogP contribution is -2.41. The number of morpholine rings is 1. The normalized spacial score (nSPS) is 14.8. The quantitative estimate of drug-likeness (QED) is 0.760. The molecule has 0 unspecified atom stereocenters. The molecule has 6 nitrogen and oxygen atoms in total. The van der Waals surface area contributed by atoms with Gasteiger partial charge in [0.05, 0.1) is 25.1 Å². The first kappa shape index (κ1) is 20.3. The maximum atomic E-state index is 12.4. The first-order valence-electron chi connectivity index (χ1n) is 9.98. The fraction of sp³-hybridized carbons (Fsp3) is 0.455. The van der Waals surface area contributed by atoms with Crippen molar-refractivity contribution in [2.24, 2.45) is 0 Å². The Morgan fingerprint density at radius 2 is 1.93 bits per heavy atom. The van der Waals surface area contributed by atoms with E-state index in [-0.39, 0.29) is 5.91 Å². The number of pyridine rings is 1. The van der Waals surface area contributed by atoms with E-state index in [1.807, 2.05) is 12.1 Å². The summed E-state index contributed by atoms with van der Waals surface area (Å²) >= 11 is 0. The number of carbonyl (C=O) groups is 1. The van der Waals surface area contributed by atoms with E-state index < -0.39 is 0 Å². The van der Waals surface area contributed by atoms with Crippen molar-refractivity contribution in [1.82, 2.24) is 15.2 Å². The number of nitrogens with one attached hydrogen (secondary N) is 1. The molecule has 0 bridgehead atoms. The van der Waals surface area contributed by atoms with Gasteiger partial charge in [-0.1, -0.05) is 30.3 Å². The molecule has 3 rings (SSSR count). The molecule has 1 aliphatic heterocycles. The van der Waals surface area contributed by atoms with Crippen molar-refractivity contribution < 1.29 is 9.53 Å². The number of hydrogen-bond donors (Lipinski definition) is 1. The van der Waals surface area contributed by atoms with Crippen LogP contribution in [0.3, 0.4) is 0 Å². The zero-order valence-corrected chi connectivity index (χ0v) is 16.8. The van der Waals surface area contributed by atoms with Gasteiger partial charge in [0.25, 0.3) is 5.91 Å². The summed E-state index contributed by atoms with van der Waals surface area (Å²) in [6, 6.07) is 14.5. The zero-order chi connectivity index (χ0) is 19.8. The second-order valence-electron chi connectivity index (χ2n) is 7.32. The van der Waals surface area contributed by atoms with Gasteiger partial charge in [-0.2, -0.15) is 0 Å². The maximum Gasteiger partial charge on any atom is 0.269 e. The van der Waals surface area contributed by atoms with Gasteiger partial charge in [0.2, 0.25) is 0 Å². The van der Waals surface area contributed by atoms with E-state index in [0.29, 0.717) is 18.3 Å². The topological polar surface area (TPSA) is 57.7 Å². The van der Waals surface area contributed by atoms with E-state index in [2.05, 4.69) is 58.2 Å². The van der Waals surface area contributed by atoms with Gasteiger partial charge in [-0.25, -0.2) is 4.98 Å². The highest BCUT2D eigenvalue weighted by atomic mass is 16.5. The number of benzene rings is 1. The second-order valence-corrected chi connectivity index (χ2v) is 7.32. The third-order valence-corrected chi connectivity index (χ3v) is 4.95. The summed E-state index contributed by atoms with van der Waals surface area (Å²) in [7, 11) is 0. The molecule has 0 atom stereocenters. The molecule has 0 saturated carbocycles. The van der Waals surface area contributed by atoms with Crippen LogP contribution in [0.1, 0.15) is 29.9 Å². The highest BCUT2D eigenvalue weighted by Crippen LogP contribution is 2.19. The van der Waals surface area contributed by atoms with Crippen LogP contribution in [0.5, 0.6) is 0 Å². The van der Waals surface area contributed by atoms with Crippen LogP contribution in [-0.2, 0) is 11.3 Å². The van der Waals surface area contributed by atoms with Gasteiger partial charge in [0.1, 0.15) is 5.69 Å². The fourth-order valence-corrected chi connectivity index (χ4v) is 3.29. The number of anilines is 1. The van der Waals surface area contributed by atoms with Crippen molar-refractivity contribution in [3.05, 3.63) is 59.9 Å². The molecule has 2 heterocycles. The van der Waals surface area contributed by atoms with E-state index in [1.165, 1.54) is 5.56 Å². The Balaban J connectivity index is 1.55. The molecule has 1 fully saturated rings. The molecule has 1 saturated heterocycles. The van der Waals surface area contributed by atoms with Crippen LogP contribution in [0.25, 0.3) is 0 Å². The number of carbonyl (C=O) groups excluding carboxylic acids is 1. The van der Waals surface area contributed by atoms with Crippen LogP contribution in [0.4, 0.5) is 5.69 Å². The summed E-state index contributed by atoms with van der Waals surface area (Å²) in [5.41, 5.74) is 2.72. The SMILES string of the molecule is CC(C)N(Cc1ccccc1)c1ccc(C(=O)NCCN2CCOCC2)nc1. The minimum atomic E-state index is -0.126. The summed E-state index contributed by atoms with van der Waals surface area (Å²) in [6.45, 7) is 9.98. The van der Waals surface area contributed by atoms with E-state index >= 15 is 0 Å². The third kappa shape index (κ3) is 5.78. The van der Waals surface area contributed by atoms with E-state index in [0.717, 1.165) is 45.1 Å². The van der Waals surface area contributed by atoms with Crippen molar-refractivity contribution >= 4 is 11.6 Å². The highest BCUT2D eigenvalue weighted by molar-refractivity contribution is 5.92. The molecule has 1 N–H and O–H groups in total. The molecule has 2 aromatic rings. The summed E-state index contributed by atoms with van der Waals surface area (Å²) in [5.74, 6) is -0.126. The van der Waals surface area contributed by atoms with Crippen molar-refractivity contribution in [3.63, 3.8) is 0 Å². The molecule has 150 valence electrons. The van der Waals surface area contributed by atoms with Crippen LogP contribution in [-0.4, -0.2) is 61.2 Å². The minimum absolute atomic E-state index is 0.126. The van der Waals surface area contributed by atoms with Crippen LogP contribution < -0.4 is 10.2 Å². The van der Waals surface area contributed by atoms with Gasteiger partial charge in [0, 0.05) is 38.8 Å². The van der Waals surface area contributed by atoms with Crippen molar-refractivity contribution in [1.29, 1.82) is 0 Å². The van der Waals surface area contributed by atoms with Gasteiger partial charge in [-0.05, 0) is 31.5 Å². The summed E-state index contributed by atoms with van der Waals surface area (Å²) in [6.07, 6.45) is 1.79. The van der Waals surface area contributed by atoms with E-state index in [1.54, 1.807) is 12.3 Å². The smallest absolute Gasteiger partial charge is 0.269 e. The monoisotopic (exact) mass is 382 g/mol. The van der Waals surface area contributed by atoms with E-state index in [4.69, 9.17) is 4.74 Å². The Morgan fingerprint density at radius 1 is 1.18 bits per heavy atom. The fourth-order valence-electron chi connectivity index (χ4n) is 3.29. The summed E-state index contributed by atoms with van der Waals surface area (Å²) in [4.78, 5) is 21.3. The number of amides is 1. The molecule has 1 aromatic carbocycles. The van der Waals surface area contributed by atoms with Crippen molar-refractivity contribution in [2.45, 2.75) is 26.4 Å². The number of hydrogen-bond acceptors (Lipinski definition) is 5. The van der Waals surface area contributed by atoms with E-state index in [9.17, 15) is 4.79 Å². The predicted molar refractivity (Wildman–Crippen MR) is 112 cm³/mol. The Hall–Kier alpha value is -2.44. The Kier molecular flexibility index (Phi) is 7.39. The predicted octanol–water partition coefficient (Wildman–Crippen LogP) is 2.56. The molecule has 0 spiro atoms. The molecular weight excluding hydrogens is 352 g/mol. The van der Waals surface area contributed by atoms with Crippen molar-refractivity contribution in [3.8, 4) is 0 Å². The van der Waals surface area contributed by atoms with Gasteiger partial charge in [0.15, 0.2) is 0 Å². The van der Waals surface area contributed by atoms with Crippen LogP contribution >= 0.6 is 0 Å². The van der Waals surface area contributed by atoms with Gasteiger partial charge in [-0.3, -0.25) is 9.69 Å². The minimum Gasteiger partial charge on any atom is -0.379 e. The number of rotatable bonds is 8. The molecule has 1 amide bonds. The summed E-state index contributed by atoms with van der Waals surface area (Å²) in [5, 5.41) is 2.96. The lowest BCUT2D eigenvalue weighted by molar-refractivity contribution is 0.0383. The molecular formula is C22H30N4O2. The third-order valence-electron chi connectivity index (χ3n) is 4.95. The summed E-state index contributed by atoms with van der Waals surface area (Å²) < 4.78 is 5.34. The molecule has 0 aliphatic carbocycles. The van der Waals surface area contributed by atoms with Gasteiger partial charge < -0.3 is 15.0 Å². The second kappa shape index (κ2) is 10.2. The average molecular weight is 383 g/mol. The first-order chi connectivity index (χ1) is 13.6.